The number of nitrogens with zero attached hydrogens (tertiary/aromatic N) is 2. The SMILES string of the molecule is Cc1ccc(COc2nc(Cc3ccc(F)cc3)no2)cc1. The summed E-state index contributed by atoms with van der Waals surface area (Å²) in [6, 6.07) is 14.2. The summed E-state index contributed by atoms with van der Waals surface area (Å²) in [4.78, 5) is 4.17. The van der Waals surface area contributed by atoms with Gasteiger partial charge in [-0.1, -0.05) is 47.1 Å². The van der Waals surface area contributed by atoms with Crippen LogP contribution in [0.1, 0.15) is 22.5 Å². The van der Waals surface area contributed by atoms with Gasteiger partial charge in [-0.05, 0) is 30.2 Å². The van der Waals surface area contributed by atoms with Crippen LogP contribution in [0, 0.1) is 12.7 Å². The van der Waals surface area contributed by atoms with Gasteiger partial charge in [0.2, 0.25) is 0 Å². The Balaban J connectivity index is 1.59. The standard InChI is InChI=1S/C17H15FN2O2/c1-12-2-4-14(5-3-12)11-21-17-19-16(20-22-17)10-13-6-8-15(18)9-7-13/h2-9H,10-11H2,1H3. The molecule has 0 aliphatic carbocycles. The molecule has 3 aromatic rings. The molecule has 112 valence electrons. The van der Waals surface area contributed by atoms with E-state index in [9.17, 15) is 4.39 Å². The van der Waals surface area contributed by atoms with Crippen molar-refractivity contribution >= 4 is 0 Å². The highest BCUT2D eigenvalue weighted by atomic mass is 19.1. The molecular formula is C17H15FN2O2. The number of halogens is 1. The fourth-order valence-electron chi connectivity index (χ4n) is 1.98. The maximum absolute atomic E-state index is 12.8. The van der Waals surface area contributed by atoms with Gasteiger partial charge in [-0.2, -0.15) is 4.98 Å². The van der Waals surface area contributed by atoms with E-state index in [1.807, 2.05) is 31.2 Å². The first-order chi connectivity index (χ1) is 10.7. The summed E-state index contributed by atoms with van der Waals surface area (Å²) in [6.07, 6.45) is 0.607. The summed E-state index contributed by atoms with van der Waals surface area (Å²) in [5.74, 6) is 0.240. The first-order valence-corrected chi connectivity index (χ1v) is 6.94. The molecule has 0 spiro atoms. The lowest BCUT2D eigenvalue weighted by molar-refractivity contribution is 0.195. The number of aromatic nitrogens is 2. The van der Waals surface area contributed by atoms with Crippen molar-refractivity contribution < 1.29 is 13.7 Å². The molecular weight excluding hydrogens is 283 g/mol. The number of benzene rings is 2. The van der Waals surface area contributed by atoms with Crippen LogP contribution in [-0.4, -0.2) is 10.1 Å². The second-order valence-corrected chi connectivity index (χ2v) is 5.05. The third-order valence-corrected chi connectivity index (χ3v) is 3.21. The lowest BCUT2D eigenvalue weighted by atomic mass is 10.1. The molecule has 0 radical (unpaired) electrons. The fraction of sp³-hybridized carbons (Fsp3) is 0.176. The van der Waals surface area contributed by atoms with E-state index in [0.29, 0.717) is 18.9 Å². The quantitative estimate of drug-likeness (QED) is 0.721. The predicted molar refractivity (Wildman–Crippen MR) is 79.0 cm³/mol. The van der Waals surface area contributed by atoms with Crippen molar-refractivity contribution in [2.45, 2.75) is 20.0 Å². The summed E-state index contributed by atoms with van der Waals surface area (Å²) in [5, 5.41) is 3.86. The molecule has 4 nitrogen and oxygen atoms in total. The number of hydrogen-bond acceptors (Lipinski definition) is 4. The predicted octanol–water partition coefficient (Wildman–Crippen LogP) is 3.69. The maximum Gasteiger partial charge on any atom is 0.417 e. The Kier molecular flexibility index (Phi) is 4.14. The van der Waals surface area contributed by atoms with E-state index in [-0.39, 0.29) is 11.9 Å². The second-order valence-electron chi connectivity index (χ2n) is 5.05. The molecule has 1 aromatic heterocycles. The van der Waals surface area contributed by atoms with Crippen LogP contribution < -0.4 is 4.74 Å². The van der Waals surface area contributed by atoms with Gasteiger partial charge in [-0.3, -0.25) is 4.52 Å². The van der Waals surface area contributed by atoms with E-state index < -0.39 is 0 Å². The van der Waals surface area contributed by atoms with Crippen LogP contribution in [-0.2, 0) is 13.0 Å². The molecule has 22 heavy (non-hydrogen) atoms. The minimum Gasteiger partial charge on any atom is -0.444 e. The summed E-state index contributed by atoms with van der Waals surface area (Å²) in [7, 11) is 0. The largest absolute Gasteiger partial charge is 0.444 e. The van der Waals surface area contributed by atoms with Crippen LogP contribution in [0.5, 0.6) is 6.08 Å². The normalized spacial score (nSPS) is 10.6. The van der Waals surface area contributed by atoms with Crippen molar-refractivity contribution in [1.82, 2.24) is 10.1 Å². The zero-order chi connectivity index (χ0) is 15.4. The average molecular weight is 298 g/mol. The molecule has 0 unspecified atom stereocenters. The Morgan fingerprint density at radius 3 is 2.41 bits per heavy atom. The zero-order valence-electron chi connectivity index (χ0n) is 12.1. The third-order valence-electron chi connectivity index (χ3n) is 3.21. The van der Waals surface area contributed by atoms with Crippen LogP contribution in [0.2, 0.25) is 0 Å². The van der Waals surface area contributed by atoms with Crippen LogP contribution in [0.4, 0.5) is 4.39 Å². The molecule has 0 atom stereocenters. The fourth-order valence-corrected chi connectivity index (χ4v) is 1.98. The highest BCUT2D eigenvalue weighted by molar-refractivity contribution is 5.21. The van der Waals surface area contributed by atoms with Gasteiger partial charge in [0.05, 0.1) is 0 Å². The Morgan fingerprint density at radius 1 is 1.00 bits per heavy atom. The Hall–Kier alpha value is -2.69. The van der Waals surface area contributed by atoms with Gasteiger partial charge in [0.25, 0.3) is 0 Å². The van der Waals surface area contributed by atoms with Crippen LogP contribution in [0.25, 0.3) is 0 Å². The van der Waals surface area contributed by atoms with E-state index in [2.05, 4.69) is 10.1 Å². The Labute approximate surface area is 127 Å². The molecule has 2 aromatic carbocycles. The molecule has 0 fully saturated rings. The Bertz CT molecular complexity index is 736. The van der Waals surface area contributed by atoms with Crippen LogP contribution in [0.15, 0.2) is 53.1 Å². The van der Waals surface area contributed by atoms with Gasteiger partial charge < -0.3 is 4.74 Å². The summed E-state index contributed by atoms with van der Waals surface area (Å²) in [5.41, 5.74) is 3.14. The molecule has 0 saturated carbocycles. The van der Waals surface area contributed by atoms with Gasteiger partial charge in [-0.25, -0.2) is 4.39 Å². The molecule has 0 bridgehead atoms. The van der Waals surface area contributed by atoms with Gasteiger partial charge >= 0.3 is 6.08 Å². The molecule has 0 aliphatic heterocycles. The van der Waals surface area contributed by atoms with Crippen LogP contribution >= 0.6 is 0 Å². The Morgan fingerprint density at radius 2 is 1.68 bits per heavy atom. The van der Waals surface area contributed by atoms with Crippen molar-refractivity contribution in [2.75, 3.05) is 0 Å². The highest BCUT2D eigenvalue weighted by Gasteiger charge is 2.08. The van der Waals surface area contributed by atoms with Gasteiger partial charge in [0.15, 0.2) is 5.82 Å². The highest BCUT2D eigenvalue weighted by Crippen LogP contribution is 2.13. The zero-order valence-corrected chi connectivity index (χ0v) is 12.1. The average Bonchev–Trinajstić information content (AvgIpc) is 2.97. The van der Waals surface area contributed by atoms with Crippen LogP contribution in [0.3, 0.4) is 0 Å². The molecule has 3 rings (SSSR count). The molecule has 1 heterocycles. The van der Waals surface area contributed by atoms with E-state index in [1.165, 1.54) is 17.7 Å². The topological polar surface area (TPSA) is 48.2 Å². The van der Waals surface area contributed by atoms with Crippen molar-refractivity contribution in [3.8, 4) is 6.08 Å². The summed E-state index contributed by atoms with van der Waals surface area (Å²) in [6.45, 7) is 2.41. The van der Waals surface area contributed by atoms with Crippen molar-refractivity contribution in [2.24, 2.45) is 0 Å². The minimum atomic E-state index is -0.265. The lowest BCUT2D eigenvalue weighted by Gasteiger charge is -2.01. The van der Waals surface area contributed by atoms with Crippen molar-refractivity contribution in [1.29, 1.82) is 0 Å². The number of rotatable bonds is 5. The van der Waals surface area contributed by atoms with E-state index in [0.717, 1.165) is 11.1 Å². The van der Waals surface area contributed by atoms with Crippen molar-refractivity contribution in [3.05, 3.63) is 76.9 Å². The molecule has 0 saturated heterocycles. The maximum atomic E-state index is 12.8. The first kappa shape index (κ1) is 14.3. The number of hydrogen-bond donors (Lipinski definition) is 0. The first-order valence-electron chi connectivity index (χ1n) is 6.94. The molecule has 0 aliphatic rings. The third kappa shape index (κ3) is 3.69. The van der Waals surface area contributed by atoms with Gasteiger partial charge in [0.1, 0.15) is 12.4 Å². The smallest absolute Gasteiger partial charge is 0.417 e. The van der Waals surface area contributed by atoms with E-state index in [1.54, 1.807) is 12.1 Å². The summed E-state index contributed by atoms with van der Waals surface area (Å²) < 4.78 is 23.4. The number of ether oxygens (including phenoxy) is 1. The van der Waals surface area contributed by atoms with Gasteiger partial charge in [0, 0.05) is 6.42 Å². The van der Waals surface area contributed by atoms with E-state index in [4.69, 9.17) is 9.26 Å². The number of aryl methyl sites for hydroxylation is 1. The van der Waals surface area contributed by atoms with Gasteiger partial charge in [-0.15, -0.1) is 0 Å². The molecule has 0 N–H and O–H groups in total. The summed E-state index contributed by atoms with van der Waals surface area (Å²) >= 11 is 0. The lowest BCUT2D eigenvalue weighted by Crippen LogP contribution is -1.96. The van der Waals surface area contributed by atoms with Crippen molar-refractivity contribution in [3.63, 3.8) is 0 Å². The monoisotopic (exact) mass is 298 g/mol. The second kappa shape index (κ2) is 6.39. The molecule has 5 heteroatoms. The molecule has 0 amide bonds. The minimum absolute atomic E-state index is 0.137. The van der Waals surface area contributed by atoms with E-state index >= 15 is 0 Å².